The number of amides is 1. The Balaban J connectivity index is 1.61. The first kappa shape index (κ1) is 12.8. The van der Waals surface area contributed by atoms with Gasteiger partial charge in [-0.3, -0.25) is 4.79 Å². The lowest BCUT2D eigenvalue weighted by Crippen LogP contribution is -2.48. The summed E-state index contributed by atoms with van der Waals surface area (Å²) >= 11 is 0. The van der Waals surface area contributed by atoms with E-state index >= 15 is 0 Å². The molecule has 2 heterocycles. The first-order chi connectivity index (χ1) is 8.28. The molecular formula is C13H24N2O2. The van der Waals surface area contributed by atoms with Gasteiger partial charge in [0.05, 0.1) is 0 Å². The molecule has 2 fully saturated rings. The Morgan fingerprint density at radius 2 is 2.06 bits per heavy atom. The molecule has 2 atom stereocenters. The highest BCUT2D eigenvalue weighted by Gasteiger charge is 2.33. The van der Waals surface area contributed by atoms with Crippen molar-refractivity contribution in [1.82, 2.24) is 10.6 Å². The van der Waals surface area contributed by atoms with Gasteiger partial charge in [-0.1, -0.05) is 0 Å². The van der Waals surface area contributed by atoms with Gasteiger partial charge < -0.3 is 15.4 Å². The molecule has 0 spiro atoms. The average molecular weight is 240 g/mol. The van der Waals surface area contributed by atoms with Crippen molar-refractivity contribution in [2.24, 2.45) is 0 Å². The molecule has 0 aromatic rings. The molecule has 2 N–H and O–H groups in total. The van der Waals surface area contributed by atoms with Crippen LogP contribution in [0.15, 0.2) is 0 Å². The molecule has 0 saturated carbocycles. The molecule has 17 heavy (non-hydrogen) atoms. The van der Waals surface area contributed by atoms with Crippen molar-refractivity contribution in [2.75, 3.05) is 13.2 Å². The Labute approximate surface area is 103 Å². The first-order valence-electron chi connectivity index (χ1n) is 6.91. The van der Waals surface area contributed by atoms with Gasteiger partial charge in [0, 0.05) is 37.8 Å². The van der Waals surface area contributed by atoms with Crippen LogP contribution in [0.25, 0.3) is 0 Å². The van der Waals surface area contributed by atoms with Gasteiger partial charge in [0.25, 0.3) is 0 Å². The minimum Gasteiger partial charge on any atom is -0.382 e. The van der Waals surface area contributed by atoms with E-state index in [1.165, 1.54) is 12.8 Å². The van der Waals surface area contributed by atoms with Crippen LogP contribution in [0.1, 0.15) is 45.4 Å². The fourth-order valence-corrected chi connectivity index (χ4v) is 2.95. The lowest BCUT2D eigenvalue weighted by molar-refractivity contribution is -0.122. The van der Waals surface area contributed by atoms with Gasteiger partial charge in [0.2, 0.25) is 5.91 Å². The fraction of sp³-hybridized carbons (Fsp3) is 0.923. The minimum absolute atomic E-state index is 0.191. The Bertz CT molecular complexity index is 246. The second-order valence-corrected chi connectivity index (χ2v) is 5.17. The van der Waals surface area contributed by atoms with Crippen LogP contribution in [0.4, 0.5) is 0 Å². The predicted molar refractivity (Wildman–Crippen MR) is 66.8 cm³/mol. The quantitative estimate of drug-likeness (QED) is 0.686. The van der Waals surface area contributed by atoms with E-state index in [0.717, 1.165) is 25.9 Å². The molecule has 2 bridgehead atoms. The smallest absolute Gasteiger partial charge is 0.220 e. The van der Waals surface area contributed by atoms with Crippen molar-refractivity contribution < 1.29 is 9.53 Å². The molecule has 2 rings (SSSR count). The Morgan fingerprint density at radius 1 is 1.35 bits per heavy atom. The molecule has 2 aliphatic rings. The summed E-state index contributed by atoms with van der Waals surface area (Å²) in [6, 6.07) is 1.68. The number of carbonyl (C=O) groups is 1. The zero-order valence-electron chi connectivity index (χ0n) is 10.7. The lowest BCUT2D eigenvalue weighted by Gasteiger charge is -2.29. The Morgan fingerprint density at radius 3 is 2.71 bits per heavy atom. The summed E-state index contributed by atoms with van der Waals surface area (Å²) in [6.45, 7) is 3.41. The molecule has 0 aromatic heterocycles. The van der Waals surface area contributed by atoms with Gasteiger partial charge in [0.1, 0.15) is 0 Å². The summed E-state index contributed by atoms with van der Waals surface area (Å²) in [5, 5.41) is 6.74. The van der Waals surface area contributed by atoms with E-state index in [1.807, 2.05) is 6.92 Å². The Hall–Kier alpha value is -0.610. The molecule has 4 heteroatoms. The Kier molecular flexibility index (Phi) is 4.80. The maximum atomic E-state index is 11.7. The third-order valence-electron chi connectivity index (χ3n) is 3.73. The van der Waals surface area contributed by atoms with Crippen LogP contribution in [0.2, 0.25) is 0 Å². The molecule has 0 radical (unpaired) electrons. The van der Waals surface area contributed by atoms with Crippen LogP contribution in [0, 0.1) is 0 Å². The molecule has 98 valence electrons. The van der Waals surface area contributed by atoms with Crippen molar-refractivity contribution in [1.29, 1.82) is 0 Å². The van der Waals surface area contributed by atoms with Gasteiger partial charge in [-0.05, 0) is 39.0 Å². The largest absolute Gasteiger partial charge is 0.382 e. The van der Waals surface area contributed by atoms with Crippen molar-refractivity contribution in [3.05, 3.63) is 0 Å². The fourth-order valence-electron chi connectivity index (χ4n) is 2.95. The van der Waals surface area contributed by atoms with E-state index in [1.54, 1.807) is 0 Å². The third kappa shape index (κ3) is 3.96. The summed E-state index contributed by atoms with van der Waals surface area (Å²) in [5.41, 5.74) is 0. The highest BCUT2D eigenvalue weighted by molar-refractivity contribution is 5.76. The average Bonchev–Trinajstić information content (AvgIpc) is 2.64. The molecule has 2 saturated heterocycles. The van der Waals surface area contributed by atoms with Crippen molar-refractivity contribution in [3.8, 4) is 0 Å². The van der Waals surface area contributed by atoms with Crippen LogP contribution < -0.4 is 10.6 Å². The molecule has 2 unspecified atom stereocenters. The highest BCUT2D eigenvalue weighted by atomic mass is 16.5. The summed E-state index contributed by atoms with van der Waals surface area (Å²) < 4.78 is 5.23. The molecule has 1 amide bonds. The summed E-state index contributed by atoms with van der Waals surface area (Å²) in [7, 11) is 0. The van der Waals surface area contributed by atoms with Crippen molar-refractivity contribution in [2.45, 2.75) is 63.6 Å². The number of piperidine rings is 1. The van der Waals surface area contributed by atoms with Crippen molar-refractivity contribution in [3.63, 3.8) is 0 Å². The standard InChI is InChI=1S/C13H24N2O2/c1-2-17-7-3-4-13(16)15-12-8-10-5-6-11(9-12)14-10/h10-12,14H,2-9H2,1H3,(H,15,16). The van der Waals surface area contributed by atoms with Gasteiger partial charge >= 0.3 is 0 Å². The van der Waals surface area contributed by atoms with E-state index in [0.29, 0.717) is 31.2 Å². The zero-order valence-corrected chi connectivity index (χ0v) is 10.7. The normalized spacial score (nSPS) is 31.5. The molecule has 0 aromatic carbocycles. The van der Waals surface area contributed by atoms with E-state index in [9.17, 15) is 4.79 Å². The third-order valence-corrected chi connectivity index (χ3v) is 3.73. The van der Waals surface area contributed by atoms with Crippen molar-refractivity contribution >= 4 is 5.91 Å². The number of nitrogens with one attached hydrogen (secondary N) is 2. The number of carbonyl (C=O) groups excluding carboxylic acids is 1. The minimum atomic E-state index is 0.191. The number of ether oxygens (including phenoxy) is 1. The highest BCUT2D eigenvalue weighted by Crippen LogP contribution is 2.26. The summed E-state index contributed by atoms with van der Waals surface area (Å²) in [5.74, 6) is 0.191. The van der Waals surface area contributed by atoms with E-state index in [-0.39, 0.29) is 5.91 Å². The summed E-state index contributed by atoms with van der Waals surface area (Å²) in [6.07, 6.45) is 6.20. The second-order valence-electron chi connectivity index (χ2n) is 5.17. The van der Waals surface area contributed by atoms with Gasteiger partial charge in [-0.2, -0.15) is 0 Å². The van der Waals surface area contributed by atoms with E-state index < -0.39 is 0 Å². The van der Waals surface area contributed by atoms with E-state index in [2.05, 4.69) is 10.6 Å². The van der Waals surface area contributed by atoms with Crippen LogP contribution in [0.3, 0.4) is 0 Å². The number of hydrogen-bond acceptors (Lipinski definition) is 3. The zero-order chi connectivity index (χ0) is 12.1. The second kappa shape index (κ2) is 6.36. The monoisotopic (exact) mass is 240 g/mol. The SMILES string of the molecule is CCOCCCC(=O)NC1CC2CCC(C1)N2. The first-order valence-corrected chi connectivity index (χ1v) is 6.91. The van der Waals surface area contributed by atoms with Gasteiger partial charge in [0.15, 0.2) is 0 Å². The molecular weight excluding hydrogens is 216 g/mol. The van der Waals surface area contributed by atoms with Crippen LogP contribution in [-0.4, -0.2) is 37.2 Å². The van der Waals surface area contributed by atoms with Gasteiger partial charge in [-0.15, -0.1) is 0 Å². The maximum Gasteiger partial charge on any atom is 0.220 e. The number of hydrogen-bond donors (Lipinski definition) is 2. The topological polar surface area (TPSA) is 50.4 Å². The maximum absolute atomic E-state index is 11.7. The molecule has 2 aliphatic heterocycles. The van der Waals surface area contributed by atoms with Gasteiger partial charge in [-0.25, -0.2) is 0 Å². The van der Waals surface area contributed by atoms with Crippen LogP contribution in [0.5, 0.6) is 0 Å². The van der Waals surface area contributed by atoms with E-state index in [4.69, 9.17) is 4.74 Å². The molecule has 0 aliphatic carbocycles. The predicted octanol–water partition coefficient (Wildman–Crippen LogP) is 1.20. The number of rotatable bonds is 6. The lowest BCUT2D eigenvalue weighted by atomic mass is 9.99. The van der Waals surface area contributed by atoms with Crippen LogP contribution >= 0.6 is 0 Å². The van der Waals surface area contributed by atoms with Crippen LogP contribution in [-0.2, 0) is 9.53 Å². The summed E-state index contributed by atoms with van der Waals surface area (Å²) in [4.78, 5) is 11.7. The number of fused-ring (bicyclic) bond motifs is 2. The molecule has 4 nitrogen and oxygen atoms in total.